The number of unbranched alkanes of at least 4 members (excludes halogenated alkanes) is 1. The maximum Gasteiger partial charge on any atom is 0.105 e. The molecular formula is C16H28N2O. The molecule has 1 saturated heterocycles. The molecule has 3 heteroatoms. The van der Waals surface area contributed by atoms with E-state index in [1.54, 1.807) is 6.26 Å². The van der Waals surface area contributed by atoms with E-state index < -0.39 is 0 Å². The number of furan rings is 1. The van der Waals surface area contributed by atoms with Crippen LogP contribution in [0, 0.1) is 0 Å². The van der Waals surface area contributed by atoms with Gasteiger partial charge in [0.15, 0.2) is 0 Å². The molecule has 2 heterocycles. The standard InChI is InChI=1S/C16H28N2O/c1-3-4-10-18(13-15-7-5-9-17-15)14(2)12-16-8-6-11-19-16/h6,8,11,14-15,17H,3-5,7,9-10,12-13H2,1-2H3. The molecule has 1 aliphatic rings. The summed E-state index contributed by atoms with van der Waals surface area (Å²) in [7, 11) is 0. The van der Waals surface area contributed by atoms with E-state index in [0.717, 1.165) is 12.2 Å². The highest BCUT2D eigenvalue weighted by atomic mass is 16.3. The minimum Gasteiger partial charge on any atom is -0.469 e. The van der Waals surface area contributed by atoms with Gasteiger partial charge in [-0.25, -0.2) is 0 Å². The molecule has 0 spiro atoms. The fourth-order valence-electron chi connectivity index (χ4n) is 2.90. The molecule has 2 atom stereocenters. The SMILES string of the molecule is CCCCN(CC1CCCN1)C(C)Cc1ccco1. The lowest BCUT2D eigenvalue weighted by Gasteiger charge is -2.31. The number of hydrogen-bond acceptors (Lipinski definition) is 3. The van der Waals surface area contributed by atoms with Gasteiger partial charge in [0, 0.05) is 25.0 Å². The van der Waals surface area contributed by atoms with Crippen molar-refractivity contribution < 1.29 is 4.42 Å². The summed E-state index contributed by atoms with van der Waals surface area (Å²) < 4.78 is 5.49. The number of rotatable bonds is 8. The van der Waals surface area contributed by atoms with Crippen LogP contribution in [0.3, 0.4) is 0 Å². The van der Waals surface area contributed by atoms with Gasteiger partial charge in [-0.3, -0.25) is 4.90 Å². The third kappa shape index (κ3) is 4.66. The molecular weight excluding hydrogens is 236 g/mol. The van der Waals surface area contributed by atoms with Gasteiger partial charge in [0.05, 0.1) is 6.26 Å². The predicted molar refractivity (Wildman–Crippen MR) is 79.4 cm³/mol. The second kappa shape index (κ2) is 7.71. The molecule has 108 valence electrons. The summed E-state index contributed by atoms with van der Waals surface area (Å²) in [6.07, 6.45) is 8.01. The van der Waals surface area contributed by atoms with Gasteiger partial charge in [-0.1, -0.05) is 13.3 Å². The Morgan fingerprint density at radius 1 is 1.53 bits per heavy atom. The highest BCUT2D eigenvalue weighted by molar-refractivity contribution is 5.00. The van der Waals surface area contributed by atoms with Crippen molar-refractivity contribution in [3.05, 3.63) is 24.2 Å². The van der Waals surface area contributed by atoms with Crippen LogP contribution in [0.4, 0.5) is 0 Å². The number of hydrogen-bond donors (Lipinski definition) is 1. The normalized spacial score (nSPS) is 21.1. The third-order valence-electron chi connectivity index (χ3n) is 4.12. The second-order valence-electron chi connectivity index (χ2n) is 5.77. The Hall–Kier alpha value is -0.800. The monoisotopic (exact) mass is 264 g/mol. The molecule has 0 amide bonds. The third-order valence-corrected chi connectivity index (χ3v) is 4.12. The van der Waals surface area contributed by atoms with Crippen LogP contribution in [0.5, 0.6) is 0 Å². The molecule has 1 fully saturated rings. The second-order valence-corrected chi connectivity index (χ2v) is 5.77. The van der Waals surface area contributed by atoms with Gasteiger partial charge in [0.25, 0.3) is 0 Å². The Labute approximate surface area is 117 Å². The topological polar surface area (TPSA) is 28.4 Å². The summed E-state index contributed by atoms with van der Waals surface area (Å²) in [4.78, 5) is 2.63. The van der Waals surface area contributed by atoms with Gasteiger partial charge in [0.1, 0.15) is 5.76 Å². The van der Waals surface area contributed by atoms with E-state index in [-0.39, 0.29) is 0 Å². The largest absolute Gasteiger partial charge is 0.469 e. The molecule has 0 saturated carbocycles. The molecule has 0 radical (unpaired) electrons. The Morgan fingerprint density at radius 2 is 2.42 bits per heavy atom. The maximum atomic E-state index is 5.49. The summed E-state index contributed by atoms with van der Waals surface area (Å²) in [5.41, 5.74) is 0. The average Bonchev–Trinajstić information content (AvgIpc) is 3.07. The summed E-state index contributed by atoms with van der Waals surface area (Å²) in [6.45, 7) is 8.17. The first-order chi connectivity index (χ1) is 9.29. The molecule has 1 N–H and O–H groups in total. The van der Waals surface area contributed by atoms with Crippen molar-refractivity contribution in [3.8, 4) is 0 Å². The molecule has 19 heavy (non-hydrogen) atoms. The highest BCUT2D eigenvalue weighted by Gasteiger charge is 2.21. The van der Waals surface area contributed by atoms with E-state index in [1.807, 2.05) is 6.07 Å². The van der Waals surface area contributed by atoms with Crippen molar-refractivity contribution >= 4 is 0 Å². The van der Waals surface area contributed by atoms with Gasteiger partial charge < -0.3 is 9.73 Å². The van der Waals surface area contributed by atoms with E-state index in [4.69, 9.17) is 4.42 Å². The molecule has 0 aliphatic carbocycles. The van der Waals surface area contributed by atoms with Crippen LogP contribution in [0.2, 0.25) is 0 Å². The minimum atomic E-state index is 0.556. The summed E-state index contributed by atoms with van der Waals surface area (Å²) in [5.74, 6) is 1.10. The fraction of sp³-hybridized carbons (Fsp3) is 0.750. The molecule has 2 rings (SSSR count). The Balaban J connectivity index is 1.86. The van der Waals surface area contributed by atoms with Crippen LogP contribution < -0.4 is 5.32 Å². The van der Waals surface area contributed by atoms with Crippen molar-refractivity contribution in [3.63, 3.8) is 0 Å². The zero-order chi connectivity index (χ0) is 13.5. The van der Waals surface area contributed by atoms with Gasteiger partial charge in [-0.15, -0.1) is 0 Å². The van der Waals surface area contributed by atoms with Crippen LogP contribution in [-0.4, -0.2) is 36.6 Å². The van der Waals surface area contributed by atoms with Gasteiger partial charge in [0.2, 0.25) is 0 Å². The minimum absolute atomic E-state index is 0.556. The fourth-order valence-corrected chi connectivity index (χ4v) is 2.90. The zero-order valence-corrected chi connectivity index (χ0v) is 12.4. The quantitative estimate of drug-likeness (QED) is 0.782. The van der Waals surface area contributed by atoms with Crippen LogP contribution in [0.1, 0.15) is 45.3 Å². The highest BCUT2D eigenvalue weighted by Crippen LogP contribution is 2.14. The Morgan fingerprint density at radius 3 is 3.05 bits per heavy atom. The summed E-state index contributed by atoms with van der Waals surface area (Å²) >= 11 is 0. The molecule has 3 nitrogen and oxygen atoms in total. The first kappa shape index (κ1) is 14.6. The van der Waals surface area contributed by atoms with E-state index >= 15 is 0 Å². The summed E-state index contributed by atoms with van der Waals surface area (Å²) in [6, 6.07) is 5.32. The van der Waals surface area contributed by atoms with E-state index in [2.05, 4.69) is 30.1 Å². The van der Waals surface area contributed by atoms with Crippen LogP contribution in [0.15, 0.2) is 22.8 Å². The number of nitrogens with one attached hydrogen (secondary N) is 1. The molecule has 1 aromatic heterocycles. The van der Waals surface area contributed by atoms with Crippen LogP contribution >= 0.6 is 0 Å². The maximum absolute atomic E-state index is 5.49. The van der Waals surface area contributed by atoms with Crippen molar-refractivity contribution in [1.29, 1.82) is 0 Å². The van der Waals surface area contributed by atoms with Gasteiger partial charge in [-0.2, -0.15) is 0 Å². The van der Waals surface area contributed by atoms with E-state index in [1.165, 1.54) is 45.3 Å². The first-order valence-corrected chi connectivity index (χ1v) is 7.79. The Kier molecular flexibility index (Phi) is 5.93. The van der Waals surface area contributed by atoms with Crippen molar-refractivity contribution in [2.45, 2.75) is 58.0 Å². The van der Waals surface area contributed by atoms with Crippen molar-refractivity contribution in [2.75, 3.05) is 19.6 Å². The molecule has 0 bridgehead atoms. The van der Waals surface area contributed by atoms with Gasteiger partial charge >= 0.3 is 0 Å². The van der Waals surface area contributed by atoms with E-state index in [9.17, 15) is 0 Å². The van der Waals surface area contributed by atoms with Crippen molar-refractivity contribution in [2.24, 2.45) is 0 Å². The molecule has 2 unspecified atom stereocenters. The van der Waals surface area contributed by atoms with Crippen LogP contribution in [-0.2, 0) is 6.42 Å². The first-order valence-electron chi connectivity index (χ1n) is 7.79. The lowest BCUT2D eigenvalue weighted by Crippen LogP contribution is -2.43. The van der Waals surface area contributed by atoms with Crippen molar-refractivity contribution in [1.82, 2.24) is 10.2 Å². The molecule has 1 aliphatic heterocycles. The van der Waals surface area contributed by atoms with Crippen LogP contribution in [0.25, 0.3) is 0 Å². The molecule has 1 aromatic rings. The van der Waals surface area contributed by atoms with Gasteiger partial charge in [-0.05, 0) is 51.4 Å². The number of nitrogens with zero attached hydrogens (tertiary/aromatic N) is 1. The van der Waals surface area contributed by atoms with E-state index in [0.29, 0.717) is 12.1 Å². The lowest BCUT2D eigenvalue weighted by atomic mass is 10.1. The lowest BCUT2D eigenvalue weighted by molar-refractivity contribution is 0.182. The zero-order valence-electron chi connectivity index (χ0n) is 12.4. The average molecular weight is 264 g/mol. The Bertz CT molecular complexity index is 331. The smallest absolute Gasteiger partial charge is 0.105 e. The predicted octanol–water partition coefficient (Wildman–Crippen LogP) is 3.06. The molecule has 0 aromatic carbocycles. The summed E-state index contributed by atoms with van der Waals surface area (Å²) in [5, 5.41) is 3.61.